The monoisotopic (exact) mass is 300 g/mol. The minimum Gasteiger partial charge on any atom is -0.468 e. The molecule has 114 valence electrons. The van der Waals surface area contributed by atoms with Gasteiger partial charge in [-0.25, -0.2) is 8.42 Å². The van der Waals surface area contributed by atoms with Crippen molar-refractivity contribution in [3.63, 3.8) is 0 Å². The first-order chi connectivity index (χ1) is 9.40. The lowest BCUT2D eigenvalue weighted by molar-refractivity contribution is 0.185. The highest BCUT2D eigenvalue weighted by molar-refractivity contribution is 7.89. The Labute approximate surface area is 121 Å². The summed E-state index contributed by atoms with van der Waals surface area (Å²) >= 11 is 0. The average molecular weight is 300 g/mol. The van der Waals surface area contributed by atoms with Crippen molar-refractivity contribution < 1.29 is 12.8 Å². The van der Waals surface area contributed by atoms with Gasteiger partial charge in [0.2, 0.25) is 10.0 Å². The van der Waals surface area contributed by atoms with E-state index in [4.69, 9.17) is 4.42 Å². The first-order valence-electron chi connectivity index (χ1n) is 7.08. The van der Waals surface area contributed by atoms with Crippen LogP contribution < -0.4 is 0 Å². The van der Waals surface area contributed by atoms with E-state index in [1.54, 1.807) is 10.6 Å². The minimum absolute atomic E-state index is 0.152. The van der Waals surface area contributed by atoms with Crippen LogP contribution in [0.3, 0.4) is 0 Å². The molecule has 0 saturated carbocycles. The van der Waals surface area contributed by atoms with Gasteiger partial charge in [-0.2, -0.15) is 4.31 Å². The van der Waals surface area contributed by atoms with Crippen LogP contribution >= 0.6 is 0 Å². The molecule has 1 aliphatic rings. The molecule has 1 saturated heterocycles. The van der Waals surface area contributed by atoms with Gasteiger partial charge in [0.15, 0.2) is 0 Å². The van der Waals surface area contributed by atoms with Crippen LogP contribution in [0.5, 0.6) is 0 Å². The molecule has 0 radical (unpaired) electrons. The van der Waals surface area contributed by atoms with E-state index in [9.17, 15) is 8.42 Å². The Morgan fingerprint density at radius 1 is 1.45 bits per heavy atom. The van der Waals surface area contributed by atoms with Crippen molar-refractivity contribution in [3.05, 3.63) is 24.2 Å². The number of rotatable bonds is 5. The quantitative estimate of drug-likeness (QED) is 0.834. The maximum atomic E-state index is 12.6. The van der Waals surface area contributed by atoms with Crippen LogP contribution in [0.25, 0.3) is 0 Å². The number of piperidine rings is 1. The molecule has 1 fully saturated rings. The zero-order valence-corrected chi connectivity index (χ0v) is 13.3. The van der Waals surface area contributed by atoms with Gasteiger partial charge >= 0.3 is 0 Å². The van der Waals surface area contributed by atoms with E-state index in [0.717, 1.165) is 18.6 Å². The average Bonchev–Trinajstić information content (AvgIpc) is 2.90. The molecule has 0 aliphatic carbocycles. The van der Waals surface area contributed by atoms with E-state index < -0.39 is 10.0 Å². The number of nitrogens with zero attached hydrogens (tertiary/aromatic N) is 2. The van der Waals surface area contributed by atoms with E-state index in [2.05, 4.69) is 6.92 Å². The van der Waals surface area contributed by atoms with E-state index in [0.29, 0.717) is 19.0 Å². The summed E-state index contributed by atoms with van der Waals surface area (Å²) < 4.78 is 32.2. The fourth-order valence-corrected chi connectivity index (χ4v) is 4.40. The van der Waals surface area contributed by atoms with Crippen LogP contribution in [0.2, 0.25) is 0 Å². The van der Waals surface area contributed by atoms with Gasteiger partial charge in [-0.3, -0.25) is 0 Å². The van der Waals surface area contributed by atoms with E-state index in [1.165, 1.54) is 0 Å². The molecule has 0 aromatic carbocycles. The summed E-state index contributed by atoms with van der Waals surface area (Å²) in [5.41, 5.74) is 0. The number of hydrogen-bond acceptors (Lipinski definition) is 4. The van der Waals surface area contributed by atoms with E-state index >= 15 is 0 Å². The lowest BCUT2D eigenvalue weighted by Crippen LogP contribution is -2.43. The first-order valence-corrected chi connectivity index (χ1v) is 8.68. The molecule has 20 heavy (non-hydrogen) atoms. The topological polar surface area (TPSA) is 53.8 Å². The molecule has 2 rings (SSSR count). The maximum absolute atomic E-state index is 12.6. The third-order valence-corrected chi connectivity index (χ3v) is 5.69. The summed E-state index contributed by atoms with van der Waals surface area (Å²) in [4.78, 5) is 1.89. The van der Waals surface area contributed by atoms with Gasteiger partial charge in [0.25, 0.3) is 0 Å². The summed E-state index contributed by atoms with van der Waals surface area (Å²) in [6.07, 6.45) is 3.35. The molecule has 1 aliphatic heterocycles. The highest BCUT2D eigenvalue weighted by Crippen LogP contribution is 2.36. The van der Waals surface area contributed by atoms with E-state index in [1.807, 2.05) is 31.1 Å². The standard InChI is InChI=1S/C14H24N2O3S/c1-12-6-7-16(20(17,18)10-8-15(2)3)13(11-12)14-5-4-9-19-14/h4-5,9,12-13H,6-8,10-11H2,1-3H3/t12-,13+/m0/s1. The fraction of sp³-hybridized carbons (Fsp3) is 0.714. The lowest BCUT2D eigenvalue weighted by Gasteiger charge is -2.36. The highest BCUT2D eigenvalue weighted by atomic mass is 32.2. The van der Waals surface area contributed by atoms with Gasteiger partial charge in [-0.05, 0) is 45.0 Å². The molecule has 1 aromatic rings. The van der Waals surface area contributed by atoms with Crippen molar-refractivity contribution in [1.29, 1.82) is 0 Å². The Bertz CT molecular complexity index is 511. The zero-order valence-electron chi connectivity index (χ0n) is 12.4. The van der Waals surface area contributed by atoms with Crippen LogP contribution in [0, 0.1) is 5.92 Å². The van der Waals surface area contributed by atoms with Gasteiger partial charge in [0, 0.05) is 13.1 Å². The summed E-state index contributed by atoms with van der Waals surface area (Å²) in [5.74, 6) is 1.43. The summed E-state index contributed by atoms with van der Waals surface area (Å²) in [6, 6.07) is 3.54. The third-order valence-electron chi connectivity index (χ3n) is 3.84. The molecule has 0 bridgehead atoms. The van der Waals surface area contributed by atoms with Crippen molar-refractivity contribution >= 4 is 10.0 Å². The molecule has 0 spiro atoms. The second-order valence-electron chi connectivity index (χ2n) is 5.89. The molecular weight excluding hydrogens is 276 g/mol. The second-order valence-corrected chi connectivity index (χ2v) is 7.93. The Morgan fingerprint density at radius 3 is 2.80 bits per heavy atom. The molecule has 5 nitrogen and oxygen atoms in total. The van der Waals surface area contributed by atoms with Gasteiger partial charge in [-0.15, -0.1) is 0 Å². The normalized spacial score (nSPS) is 25.2. The van der Waals surface area contributed by atoms with Crippen molar-refractivity contribution in [2.45, 2.75) is 25.8 Å². The molecule has 0 unspecified atom stereocenters. The first kappa shape index (κ1) is 15.5. The molecule has 2 heterocycles. The summed E-state index contributed by atoms with van der Waals surface area (Å²) in [5, 5.41) is 0. The number of furan rings is 1. The molecule has 0 amide bonds. The van der Waals surface area contributed by atoms with E-state index in [-0.39, 0.29) is 11.8 Å². The summed E-state index contributed by atoms with van der Waals surface area (Å²) in [6.45, 7) is 3.29. The molecule has 1 aromatic heterocycles. The maximum Gasteiger partial charge on any atom is 0.216 e. The van der Waals surface area contributed by atoms with Crippen LogP contribution in [0.15, 0.2) is 22.8 Å². The Kier molecular flexibility index (Phi) is 4.88. The SMILES string of the molecule is C[C@H]1CCN(S(=O)(=O)CCN(C)C)[C@@H](c2ccco2)C1. The van der Waals surface area contributed by atoms with Gasteiger partial charge < -0.3 is 9.32 Å². The van der Waals surface area contributed by atoms with Crippen LogP contribution in [-0.4, -0.2) is 50.6 Å². The zero-order chi connectivity index (χ0) is 14.8. The smallest absolute Gasteiger partial charge is 0.216 e. The fourth-order valence-electron chi connectivity index (χ4n) is 2.61. The molecule has 6 heteroatoms. The Balaban J connectivity index is 2.19. The van der Waals surface area contributed by atoms with Crippen molar-refractivity contribution in [2.24, 2.45) is 5.92 Å². The second kappa shape index (κ2) is 6.28. The van der Waals surface area contributed by atoms with Crippen LogP contribution in [-0.2, 0) is 10.0 Å². The minimum atomic E-state index is -3.25. The predicted molar refractivity (Wildman–Crippen MR) is 78.9 cm³/mol. The van der Waals surface area contributed by atoms with Gasteiger partial charge in [0.1, 0.15) is 5.76 Å². The summed E-state index contributed by atoms with van der Waals surface area (Å²) in [7, 11) is 0.528. The Hall–Kier alpha value is -0.850. The lowest BCUT2D eigenvalue weighted by atomic mass is 9.93. The van der Waals surface area contributed by atoms with Gasteiger partial charge in [-0.1, -0.05) is 6.92 Å². The number of sulfonamides is 1. The largest absolute Gasteiger partial charge is 0.468 e. The van der Waals surface area contributed by atoms with Gasteiger partial charge in [0.05, 0.1) is 18.1 Å². The number of hydrogen-bond donors (Lipinski definition) is 0. The Morgan fingerprint density at radius 2 is 2.20 bits per heavy atom. The van der Waals surface area contributed by atoms with Crippen molar-refractivity contribution in [1.82, 2.24) is 9.21 Å². The molecule has 2 atom stereocenters. The predicted octanol–water partition coefficient (Wildman–Crippen LogP) is 1.94. The molecule has 0 N–H and O–H groups in total. The van der Waals surface area contributed by atoms with Crippen LogP contribution in [0.4, 0.5) is 0 Å². The molecular formula is C14H24N2O3S. The van der Waals surface area contributed by atoms with Crippen molar-refractivity contribution in [2.75, 3.05) is 32.9 Å². The highest BCUT2D eigenvalue weighted by Gasteiger charge is 2.36. The van der Waals surface area contributed by atoms with Crippen molar-refractivity contribution in [3.8, 4) is 0 Å². The van der Waals surface area contributed by atoms with Crippen LogP contribution in [0.1, 0.15) is 31.6 Å². The third kappa shape index (κ3) is 3.62.